The second-order valence-corrected chi connectivity index (χ2v) is 7.70. The van der Waals surface area contributed by atoms with Crippen molar-refractivity contribution in [2.45, 2.75) is 65.8 Å². The monoisotopic (exact) mass is 496 g/mol. The van der Waals surface area contributed by atoms with Gasteiger partial charge >= 0.3 is 11.9 Å². The summed E-state index contributed by atoms with van der Waals surface area (Å²) in [5.41, 5.74) is 3.10. The van der Waals surface area contributed by atoms with Gasteiger partial charge in [-0.15, -0.1) is 19.4 Å². The summed E-state index contributed by atoms with van der Waals surface area (Å²) in [6.45, 7) is 12.5. The third-order valence-corrected chi connectivity index (χ3v) is 4.91. The first-order chi connectivity index (χ1) is 17.4. The van der Waals surface area contributed by atoms with Gasteiger partial charge in [0.15, 0.2) is 6.29 Å². The van der Waals surface area contributed by atoms with E-state index >= 15 is 0 Å². The number of hydrogen-bond donors (Lipinski definition) is 1. The van der Waals surface area contributed by atoms with Crippen molar-refractivity contribution in [1.82, 2.24) is 0 Å². The average molecular weight is 497 g/mol. The number of benzene rings is 2. The van der Waals surface area contributed by atoms with Crippen molar-refractivity contribution >= 4 is 11.9 Å². The molecule has 3 rings (SSSR count). The van der Waals surface area contributed by atoms with Gasteiger partial charge in [0.1, 0.15) is 6.61 Å². The van der Waals surface area contributed by atoms with E-state index in [-0.39, 0.29) is 25.0 Å². The van der Waals surface area contributed by atoms with E-state index in [2.05, 4.69) is 19.4 Å². The topological polar surface area (TPSA) is 82.1 Å². The molecule has 0 spiro atoms. The van der Waals surface area contributed by atoms with Crippen LogP contribution in [0.4, 0.5) is 0 Å². The second kappa shape index (κ2) is 19.9. The smallest absolute Gasteiger partial charge is 0.338 e. The number of rotatable bonds is 9. The summed E-state index contributed by atoms with van der Waals surface area (Å²) in [4.78, 5) is 22.2. The number of terminal acetylenes is 1. The summed E-state index contributed by atoms with van der Waals surface area (Å²) < 4.78 is 16.7. The van der Waals surface area contributed by atoms with Crippen molar-refractivity contribution in [3.63, 3.8) is 0 Å². The lowest BCUT2D eigenvalue weighted by molar-refractivity contribution is -0.141. The van der Waals surface area contributed by atoms with Crippen LogP contribution in [-0.2, 0) is 14.2 Å². The van der Waals surface area contributed by atoms with Crippen LogP contribution in [0, 0.1) is 26.7 Å². The Morgan fingerprint density at radius 3 is 2.03 bits per heavy atom. The zero-order valence-electron chi connectivity index (χ0n) is 21.9. The molecule has 6 nitrogen and oxygen atoms in total. The highest BCUT2D eigenvalue weighted by molar-refractivity contribution is 5.89. The molecule has 0 aromatic heterocycles. The van der Waals surface area contributed by atoms with Gasteiger partial charge in [0.05, 0.1) is 23.8 Å². The van der Waals surface area contributed by atoms with Crippen molar-refractivity contribution < 1.29 is 28.9 Å². The first kappa shape index (κ1) is 32.6. The molecule has 0 saturated carbocycles. The average Bonchev–Trinajstić information content (AvgIpc) is 3.36. The van der Waals surface area contributed by atoms with Gasteiger partial charge < -0.3 is 19.3 Å². The van der Waals surface area contributed by atoms with Crippen molar-refractivity contribution in [1.29, 1.82) is 0 Å². The first-order valence-corrected chi connectivity index (χ1v) is 12.1. The van der Waals surface area contributed by atoms with Gasteiger partial charge in [0, 0.05) is 6.42 Å². The summed E-state index contributed by atoms with van der Waals surface area (Å²) in [5, 5.41) is 8.48. The van der Waals surface area contributed by atoms with Crippen molar-refractivity contribution in [3.8, 4) is 12.8 Å². The molecule has 196 valence electrons. The van der Waals surface area contributed by atoms with Crippen LogP contribution in [0.15, 0.2) is 61.2 Å². The molecule has 1 aliphatic rings. The normalized spacial score (nSPS) is 15.5. The Balaban J connectivity index is 0.000000730. The molecule has 1 fully saturated rings. The maximum Gasteiger partial charge on any atom is 0.338 e. The number of hydrogen-bond acceptors (Lipinski definition) is 5. The molecule has 0 amide bonds. The number of carboxylic acid groups (broad SMARTS) is 1. The minimum Gasteiger partial charge on any atom is -0.478 e. The summed E-state index contributed by atoms with van der Waals surface area (Å²) in [7, 11) is 0. The molecule has 2 unspecified atom stereocenters. The molecule has 1 saturated heterocycles. The fourth-order valence-corrected chi connectivity index (χ4v) is 3.00. The molecule has 2 aromatic carbocycles. The third kappa shape index (κ3) is 13.5. The van der Waals surface area contributed by atoms with E-state index in [0.717, 1.165) is 36.8 Å². The molecule has 1 aliphatic heterocycles. The molecular formula is C30H40O6. The number of allylic oxidation sites excluding steroid dienone is 1. The fraction of sp³-hybridized carbons (Fsp3) is 0.400. The Morgan fingerprint density at radius 2 is 1.53 bits per heavy atom. The van der Waals surface area contributed by atoms with Gasteiger partial charge in [-0.05, 0) is 57.4 Å². The quantitative estimate of drug-likeness (QED) is 0.182. The van der Waals surface area contributed by atoms with E-state index in [4.69, 9.17) is 19.3 Å². The molecule has 1 heterocycles. The number of carbonyl (C=O) groups excluding carboxylic acids is 1. The zero-order valence-corrected chi connectivity index (χ0v) is 21.9. The summed E-state index contributed by atoms with van der Waals surface area (Å²) >= 11 is 0. The molecule has 0 radical (unpaired) electrons. The highest BCUT2D eigenvalue weighted by Crippen LogP contribution is 2.21. The lowest BCUT2D eigenvalue weighted by atomic mass is 10.1. The van der Waals surface area contributed by atoms with Crippen molar-refractivity contribution in [2.24, 2.45) is 0 Å². The van der Waals surface area contributed by atoms with Gasteiger partial charge in [-0.2, -0.15) is 0 Å². The summed E-state index contributed by atoms with van der Waals surface area (Å²) in [6.07, 6.45) is 13.2. The number of esters is 1. The molecular weight excluding hydrogens is 456 g/mol. The van der Waals surface area contributed by atoms with Gasteiger partial charge in [0.2, 0.25) is 0 Å². The first-order valence-electron chi connectivity index (χ1n) is 12.1. The molecule has 0 bridgehead atoms. The predicted molar refractivity (Wildman–Crippen MR) is 144 cm³/mol. The number of aryl methyl sites for hydroxylation is 2. The molecule has 6 heteroatoms. The van der Waals surface area contributed by atoms with E-state index < -0.39 is 5.97 Å². The molecule has 1 N–H and O–H groups in total. The highest BCUT2D eigenvalue weighted by Gasteiger charge is 2.26. The number of ether oxygens (including phenoxy) is 3. The lowest BCUT2D eigenvalue weighted by Crippen LogP contribution is -2.21. The minimum absolute atomic E-state index is 0.0706. The van der Waals surface area contributed by atoms with Gasteiger partial charge in [-0.1, -0.05) is 55.3 Å². The Hall–Kier alpha value is -3.40. The number of carboxylic acids is 1. The Labute approximate surface area is 216 Å². The Bertz CT molecular complexity index is 899. The SMILES string of the molecule is C#C.C=CCCCOC1CCC(COC(=O)c2ccc(C)cc2)O1.CC.Cc1ccc(C(=O)O)cc1. The molecule has 0 aliphatic carbocycles. The standard InChI is InChI=1S/C18H24O4.C8H8O2.C2H6.C2H2/c1-3-4-5-12-20-17-11-10-16(22-17)13-21-18(19)15-8-6-14(2)7-9-15;1-6-2-4-7(5-3-6)8(9)10;2*1-2/h3,6-9,16-17H,1,4-5,10-13H2,2H3;2-5H,1H3,(H,9,10);1-2H3;1-2H. The number of aromatic carboxylic acids is 1. The van der Waals surface area contributed by atoms with Crippen molar-refractivity contribution in [3.05, 3.63) is 83.4 Å². The van der Waals surface area contributed by atoms with Crippen LogP contribution in [0.1, 0.15) is 71.4 Å². The lowest BCUT2D eigenvalue weighted by Gasteiger charge is -2.14. The van der Waals surface area contributed by atoms with Crippen LogP contribution >= 0.6 is 0 Å². The molecule has 2 aromatic rings. The second-order valence-electron chi connectivity index (χ2n) is 7.70. The fourth-order valence-electron chi connectivity index (χ4n) is 3.00. The van der Waals surface area contributed by atoms with Gasteiger partial charge in [0.25, 0.3) is 0 Å². The van der Waals surface area contributed by atoms with Crippen LogP contribution in [0.25, 0.3) is 0 Å². The van der Waals surface area contributed by atoms with E-state index in [1.807, 2.05) is 45.9 Å². The summed E-state index contributed by atoms with van der Waals surface area (Å²) in [5.74, 6) is -1.18. The maximum absolute atomic E-state index is 11.9. The zero-order chi connectivity index (χ0) is 27.3. The molecule has 2 atom stereocenters. The number of carbonyl (C=O) groups is 2. The highest BCUT2D eigenvalue weighted by atomic mass is 16.7. The van der Waals surface area contributed by atoms with Crippen LogP contribution in [0.2, 0.25) is 0 Å². The minimum atomic E-state index is -0.875. The van der Waals surface area contributed by atoms with Crippen LogP contribution in [0.5, 0.6) is 0 Å². The largest absolute Gasteiger partial charge is 0.478 e. The van der Waals surface area contributed by atoms with E-state index in [1.165, 1.54) is 0 Å². The predicted octanol–water partition coefficient (Wildman–Crippen LogP) is 6.61. The van der Waals surface area contributed by atoms with E-state index in [0.29, 0.717) is 17.7 Å². The maximum atomic E-state index is 11.9. The Kier molecular flexibility index (Phi) is 18.0. The Morgan fingerprint density at radius 1 is 1.00 bits per heavy atom. The van der Waals surface area contributed by atoms with Crippen LogP contribution in [-0.4, -0.2) is 42.7 Å². The number of unbranched alkanes of at least 4 members (excludes halogenated alkanes) is 1. The van der Waals surface area contributed by atoms with Crippen LogP contribution < -0.4 is 0 Å². The van der Waals surface area contributed by atoms with Gasteiger partial charge in [-0.25, -0.2) is 9.59 Å². The van der Waals surface area contributed by atoms with E-state index in [9.17, 15) is 9.59 Å². The van der Waals surface area contributed by atoms with Crippen molar-refractivity contribution in [2.75, 3.05) is 13.2 Å². The molecule has 36 heavy (non-hydrogen) atoms. The van der Waals surface area contributed by atoms with Gasteiger partial charge in [-0.3, -0.25) is 0 Å². The van der Waals surface area contributed by atoms with Crippen LogP contribution in [0.3, 0.4) is 0 Å². The summed E-state index contributed by atoms with van der Waals surface area (Å²) in [6, 6.07) is 14.1. The third-order valence-electron chi connectivity index (χ3n) is 4.91. The van der Waals surface area contributed by atoms with E-state index in [1.54, 1.807) is 36.4 Å².